The number of amides is 4. The lowest BCUT2D eigenvalue weighted by molar-refractivity contribution is -0.121. The number of sulfonamides is 1. The molecule has 3 aromatic rings. The number of hydrogen-bond acceptors (Lipinski definition) is 12. The van der Waals surface area contributed by atoms with Crippen LogP contribution >= 0.6 is 0 Å². The minimum absolute atomic E-state index is 0.000722. The molecule has 4 heterocycles. The van der Waals surface area contributed by atoms with Crippen LogP contribution in [-0.4, -0.2) is 118 Å². The van der Waals surface area contributed by atoms with Crippen molar-refractivity contribution in [3.63, 3.8) is 0 Å². The molecule has 17 heteroatoms. The highest BCUT2D eigenvalue weighted by Gasteiger charge is 2.59. The monoisotopic (exact) mass is 789 g/mol. The van der Waals surface area contributed by atoms with Gasteiger partial charge >= 0.3 is 12.1 Å². The number of methoxy groups -OCH3 is 2. The summed E-state index contributed by atoms with van der Waals surface area (Å²) in [6.07, 6.45) is 2.65. The molecule has 2 fully saturated rings. The van der Waals surface area contributed by atoms with Crippen LogP contribution in [-0.2, 0) is 25.1 Å². The van der Waals surface area contributed by atoms with Crippen molar-refractivity contribution in [2.24, 2.45) is 0 Å². The van der Waals surface area contributed by atoms with Crippen LogP contribution in [0.3, 0.4) is 0 Å². The van der Waals surface area contributed by atoms with Crippen molar-refractivity contribution in [3.8, 4) is 23.4 Å². The number of carbonyl (C=O) groups is 3. The molecule has 0 bridgehead atoms. The smallest absolute Gasteiger partial charge is 0.410 e. The van der Waals surface area contributed by atoms with Crippen LogP contribution in [0.4, 0.5) is 15.3 Å². The Balaban J connectivity index is 1.33. The predicted octanol–water partition coefficient (Wildman–Crippen LogP) is 4.07. The number of nitriles is 1. The normalized spacial score (nSPS) is 19.2. The summed E-state index contributed by atoms with van der Waals surface area (Å²) in [6.45, 7) is 10.2. The lowest BCUT2D eigenvalue weighted by Gasteiger charge is -2.43. The first kappa shape index (κ1) is 40.1. The molecule has 1 atom stereocenters. The van der Waals surface area contributed by atoms with E-state index >= 15 is 4.79 Å². The first-order valence-corrected chi connectivity index (χ1v) is 19.9. The molecule has 4 amide bonds. The van der Waals surface area contributed by atoms with Gasteiger partial charge in [-0.25, -0.2) is 23.0 Å². The number of piperazine rings is 1. The molecule has 2 saturated heterocycles. The summed E-state index contributed by atoms with van der Waals surface area (Å²) in [5.41, 5.74) is -2.58. The van der Waals surface area contributed by atoms with Crippen molar-refractivity contribution >= 4 is 33.7 Å². The molecule has 1 N–H and O–H groups in total. The van der Waals surface area contributed by atoms with E-state index in [1.165, 1.54) is 56.8 Å². The van der Waals surface area contributed by atoms with Gasteiger partial charge in [-0.3, -0.25) is 9.69 Å². The number of aromatic nitrogens is 1. The predicted molar refractivity (Wildman–Crippen MR) is 204 cm³/mol. The average molecular weight is 790 g/mol. The van der Waals surface area contributed by atoms with Crippen molar-refractivity contribution in [1.82, 2.24) is 25.0 Å². The fourth-order valence-corrected chi connectivity index (χ4v) is 9.04. The number of benzene rings is 2. The van der Waals surface area contributed by atoms with E-state index in [2.05, 4.69) is 21.3 Å². The number of pyridine rings is 1. The Morgan fingerprint density at radius 2 is 1.68 bits per heavy atom. The molecule has 0 radical (unpaired) electrons. The summed E-state index contributed by atoms with van der Waals surface area (Å²) in [7, 11) is -2.01. The highest BCUT2D eigenvalue weighted by Crippen LogP contribution is 2.50. The molecule has 16 nitrogen and oxygen atoms in total. The standard InChI is InChI=1S/C39H47N7O9S/c1-7-54-34-29(9-8-16-41-34)39(42-36(48)44-21-19-43(20-22-44)27-14-17-45(18-15-27)37(49)55-38(2,3)4)30-23-26(25-40)10-12-31(30)46(35(39)47)56(50,51)33-13-11-28(52-5)24-32(33)53-6/h8-13,16,23-24,27H,7,14-15,17-22H2,1-6H3,(H,42,48)/t39-/m1/s1. The number of anilines is 1. The number of rotatable bonds is 9. The summed E-state index contributed by atoms with van der Waals surface area (Å²) >= 11 is 0. The van der Waals surface area contributed by atoms with Gasteiger partial charge in [0.15, 0.2) is 5.54 Å². The molecular weight excluding hydrogens is 743 g/mol. The Labute approximate surface area is 326 Å². The summed E-state index contributed by atoms with van der Waals surface area (Å²) in [6, 6.07) is 13.0. The molecule has 6 rings (SSSR count). The van der Waals surface area contributed by atoms with Crippen LogP contribution in [0.1, 0.15) is 57.2 Å². The van der Waals surface area contributed by atoms with Gasteiger partial charge in [-0.05, 0) is 83.0 Å². The lowest BCUT2D eigenvalue weighted by atomic mass is 9.83. The summed E-state index contributed by atoms with van der Waals surface area (Å²) in [5.74, 6) is -0.769. The molecule has 0 spiro atoms. The van der Waals surface area contributed by atoms with E-state index in [-0.39, 0.29) is 57.6 Å². The summed E-state index contributed by atoms with van der Waals surface area (Å²) < 4.78 is 52.1. The maximum atomic E-state index is 15.2. The van der Waals surface area contributed by atoms with Gasteiger partial charge in [-0.15, -0.1) is 0 Å². The fourth-order valence-electron chi connectivity index (χ4n) is 7.43. The molecule has 2 aromatic carbocycles. The number of hydrogen-bond donors (Lipinski definition) is 1. The van der Waals surface area contributed by atoms with E-state index in [0.29, 0.717) is 49.3 Å². The van der Waals surface area contributed by atoms with Crippen LogP contribution in [0.15, 0.2) is 59.6 Å². The van der Waals surface area contributed by atoms with Gasteiger partial charge in [0.2, 0.25) is 5.88 Å². The van der Waals surface area contributed by atoms with Gasteiger partial charge in [0.1, 0.15) is 22.0 Å². The van der Waals surface area contributed by atoms with Gasteiger partial charge in [-0.2, -0.15) is 9.57 Å². The van der Waals surface area contributed by atoms with Gasteiger partial charge in [0.05, 0.1) is 43.7 Å². The third kappa shape index (κ3) is 7.50. The first-order chi connectivity index (χ1) is 26.7. The van der Waals surface area contributed by atoms with Crippen LogP contribution in [0.2, 0.25) is 0 Å². The minimum Gasteiger partial charge on any atom is -0.497 e. The largest absolute Gasteiger partial charge is 0.497 e. The third-order valence-electron chi connectivity index (χ3n) is 10.1. The topological polar surface area (TPSA) is 184 Å². The van der Waals surface area contributed by atoms with E-state index in [9.17, 15) is 23.3 Å². The van der Waals surface area contributed by atoms with Crippen molar-refractivity contribution in [2.75, 3.05) is 64.4 Å². The quantitative estimate of drug-likeness (QED) is 0.329. The fraction of sp³-hybridized carbons (Fsp3) is 0.462. The molecule has 1 aromatic heterocycles. The van der Waals surface area contributed by atoms with E-state index in [1.54, 1.807) is 28.9 Å². The zero-order valence-electron chi connectivity index (χ0n) is 32.4. The molecule has 298 valence electrons. The third-order valence-corrected chi connectivity index (χ3v) is 11.9. The summed E-state index contributed by atoms with van der Waals surface area (Å²) in [4.78, 5) is 52.0. The number of carbonyl (C=O) groups excluding carboxylic acids is 3. The van der Waals surface area contributed by atoms with E-state index in [0.717, 1.165) is 12.8 Å². The zero-order valence-corrected chi connectivity index (χ0v) is 33.2. The Bertz CT molecular complexity index is 2140. The van der Waals surface area contributed by atoms with Crippen molar-refractivity contribution in [3.05, 3.63) is 71.4 Å². The van der Waals surface area contributed by atoms with E-state index < -0.39 is 33.1 Å². The van der Waals surface area contributed by atoms with E-state index in [1.807, 2.05) is 20.8 Å². The van der Waals surface area contributed by atoms with E-state index in [4.69, 9.17) is 18.9 Å². The lowest BCUT2D eigenvalue weighted by Crippen LogP contribution is -2.61. The molecule has 3 aliphatic rings. The van der Waals surface area contributed by atoms with Crippen LogP contribution in [0.5, 0.6) is 17.4 Å². The van der Waals surface area contributed by atoms with Gasteiger partial charge in [0.25, 0.3) is 15.9 Å². The minimum atomic E-state index is -4.74. The summed E-state index contributed by atoms with van der Waals surface area (Å²) in [5, 5.41) is 12.9. The molecule has 3 aliphatic heterocycles. The molecule has 0 unspecified atom stereocenters. The molecular formula is C39H47N7O9S. The van der Waals surface area contributed by atoms with Crippen LogP contribution in [0, 0.1) is 11.3 Å². The Hall–Kier alpha value is -5.60. The van der Waals surface area contributed by atoms with Crippen molar-refractivity contribution in [2.45, 2.75) is 62.6 Å². The maximum Gasteiger partial charge on any atom is 0.410 e. The molecule has 0 aliphatic carbocycles. The highest BCUT2D eigenvalue weighted by molar-refractivity contribution is 7.93. The average Bonchev–Trinajstić information content (AvgIpc) is 3.44. The van der Waals surface area contributed by atoms with Crippen molar-refractivity contribution < 1.29 is 41.7 Å². The molecule has 56 heavy (non-hydrogen) atoms. The highest BCUT2D eigenvalue weighted by atomic mass is 32.2. The number of urea groups is 1. The van der Waals surface area contributed by atoms with Gasteiger partial charge < -0.3 is 34.1 Å². The second-order valence-electron chi connectivity index (χ2n) is 14.6. The number of fused-ring (bicyclic) bond motifs is 1. The first-order valence-electron chi connectivity index (χ1n) is 18.4. The van der Waals surface area contributed by atoms with Gasteiger partial charge in [0, 0.05) is 63.1 Å². The Morgan fingerprint density at radius 1 is 0.964 bits per heavy atom. The van der Waals surface area contributed by atoms with Gasteiger partial charge in [-0.1, -0.05) is 0 Å². The zero-order chi connectivity index (χ0) is 40.4. The SMILES string of the molecule is CCOc1ncccc1[C@]1(NC(=O)N2CCN(C3CCN(C(=O)OC(C)(C)C)CC3)CC2)C(=O)N(S(=O)(=O)c2ccc(OC)cc2OC)c2ccc(C#N)cc21. The number of ether oxygens (including phenoxy) is 4. The second kappa shape index (κ2) is 15.9. The number of nitrogens with one attached hydrogen (secondary N) is 1. The van der Waals surface area contributed by atoms with Crippen LogP contribution < -0.4 is 23.8 Å². The van der Waals surface area contributed by atoms with Crippen molar-refractivity contribution in [1.29, 1.82) is 5.26 Å². The number of nitrogens with zero attached hydrogens (tertiary/aromatic N) is 6. The number of piperidine rings is 1. The number of likely N-dealkylation sites (tertiary alicyclic amines) is 1. The molecule has 0 saturated carbocycles. The van der Waals surface area contributed by atoms with Crippen LogP contribution in [0.25, 0.3) is 0 Å². The maximum absolute atomic E-state index is 15.2. The Kier molecular flexibility index (Phi) is 11.4. The second-order valence-corrected chi connectivity index (χ2v) is 16.4. The Morgan fingerprint density at radius 3 is 2.30 bits per heavy atom.